The highest BCUT2D eigenvalue weighted by molar-refractivity contribution is 6.16. The lowest BCUT2D eigenvalue weighted by Crippen LogP contribution is -2.61. The number of anilines is 1. The highest BCUT2D eigenvalue weighted by atomic mass is 19.1. The predicted octanol–water partition coefficient (Wildman–Crippen LogP) is 2.61. The van der Waals surface area contributed by atoms with Crippen LogP contribution in [0.2, 0.25) is 0 Å². The minimum Gasteiger partial charge on any atom is -0.466 e. The number of carbonyl (C=O) groups is 2. The molecule has 5 nitrogen and oxygen atoms in total. The highest BCUT2D eigenvalue weighted by Gasteiger charge is 2.49. The van der Waals surface area contributed by atoms with Crippen LogP contribution >= 0.6 is 0 Å². The Morgan fingerprint density at radius 3 is 2.62 bits per heavy atom. The van der Waals surface area contributed by atoms with Gasteiger partial charge in [0.1, 0.15) is 11.6 Å². The smallest absolute Gasteiger partial charge is 0.280 e. The summed E-state index contributed by atoms with van der Waals surface area (Å²) in [6, 6.07) is 11.6. The predicted molar refractivity (Wildman–Crippen MR) is 96.7 cm³/mol. The Labute approximate surface area is 151 Å². The van der Waals surface area contributed by atoms with Crippen molar-refractivity contribution in [3.05, 3.63) is 59.4 Å². The molecule has 2 aromatic rings. The second-order valence-electron chi connectivity index (χ2n) is 6.60. The van der Waals surface area contributed by atoms with E-state index < -0.39 is 17.4 Å². The molecule has 1 atom stereocenters. The third-order valence-electron chi connectivity index (χ3n) is 4.55. The SMILES string of the molecule is Cc1ccc2c(c1)N(C)C(=O)C(C)(C(=O)NCCc1ccc(F)cc1)O2. The first kappa shape index (κ1) is 17.9. The fourth-order valence-corrected chi connectivity index (χ4v) is 2.95. The first-order valence-electron chi connectivity index (χ1n) is 8.42. The van der Waals surface area contributed by atoms with Crippen LogP contribution in [0.1, 0.15) is 18.1 Å². The van der Waals surface area contributed by atoms with E-state index in [0.29, 0.717) is 24.4 Å². The molecule has 0 aliphatic carbocycles. The van der Waals surface area contributed by atoms with Crippen LogP contribution in [0, 0.1) is 12.7 Å². The first-order valence-corrected chi connectivity index (χ1v) is 8.42. The second kappa shape index (κ2) is 6.78. The van der Waals surface area contributed by atoms with Crippen LogP contribution in [0.15, 0.2) is 42.5 Å². The molecular weight excluding hydrogens is 335 g/mol. The van der Waals surface area contributed by atoms with Crippen LogP contribution in [0.4, 0.5) is 10.1 Å². The summed E-state index contributed by atoms with van der Waals surface area (Å²) in [7, 11) is 1.63. The van der Waals surface area contributed by atoms with Crippen molar-refractivity contribution in [3.8, 4) is 5.75 Å². The molecule has 6 heteroatoms. The quantitative estimate of drug-likeness (QED) is 0.857. The van der Waals surface area contributed by atoms with E-state index in [4.69, 9.17) is 4.74 Å². The van der Waals surface area contributed by atoms with Crippen molar-refractivity contribution in [2.75, 3.05) is 18.5 Å². The number of rotatable bonds is 4. The van der Waals surface area contributed by atoms with E-state index in [0.717, 1.165) is 11.1 Å². The van der Waals surface area contributed by atoms with Gasteiger partial charge in [0.15, 0.2) is 0 Å². The second-order valence-corrected chi connectivity index (χ2v) is 6.60. The maximum Gasteiger partial charge on any atom is 0.280 e. The lowest BCUT2D eigenvalue weighted by molar-refractivity contribution is -0.148. The van der Waals surface area contributed by atoms with Crippen LogP contribution in [0.5, 0.6) is 5.75 Å². The molecule has 1 unspecified atom stereocenters. The molecule has 1 N–H and O–H groups in total. The Hall–Kier alpha value is -2.89. The number of nitrogens with one attached hydrogen (secondary N) is 1. The molecule has 0 saturated heterocycles. The Morgan fingerprint density at radius 2 is 1.92 bits per heavy atom. The van der Waals surface area contributed by atoms with Crippen LogP contribution < -0.4 is 15.0 Å². The molecule has 1 aliphatic heterocycles. The lowest BCUT2D eigenvalue weighted by atomic mass is 9.99. The molecule has 0 aromatic heterocycles. The van der Waals surface area contributed by atoms with Gasteiger partial charge in [-0.25, -0.2) is 4.39 Å². The maximum atomic E-state index is 12.9. The summed E-state index contributed by atoms with van der Waals surface area (Å²) in [4.78, 5) is 26.8. The number of halogens is 1. The average Bonchev–Trinajstić information content (AvgIpc) is 2.62. The number of amides is 2. The summed E-state index contributed by atoms with van der Waals surface area (Å²) in [6.45, 7) is 3.72. The van der Waals surface area contributed by atoms with E-state index in [-0.39, 0.29) is 5.82 Å². The average molecular weight is 356 g/mol. The first-order chi connectivity index (χ1) is 12.3. The van der Waals surface area contributed by atoms with Crippen LogP contribution in [-0.4, -0.2) is 31.0 Å². The third-order valence-corrected chi connectivity index (χ3v) is 4.55. The highest BCUT2D eigenvalue weighted by Crippen LogP contribution is 2.37. The van der Waals surface area contributed by atoms with E-state index in [2.05, 4.69) is 5.32 Å². The molecule has 2 amide bonds. The van der Waals surface area contributed by atoms with Gasteiger partial charge in [0.2, 0.25) is 0 Å². The number of nitrogens with zero attached hydrogens (tertiary/aromatic N) is 1. The van der Waals surface area contributed by atoms with Gasteiger partial charge >= 0.3 is 0 Å². The zero-order valence-corrected chi connectivity index (χ0v) is 15.0. The lowest BCUT2D eigenvalue weighted by Gasteiger charge is -2.38. The van der Waals surface area contributed by atoms with Gasteiger partial charge in [-0.05, 0) is 55.7 Å². The summed E-state index contributed by atoms with van der Waals surface area (Å²) in [5.41, 5.74) is 0.913. The largest absolute Gasteiger partial charge is 0.466 e. The Bertz CT molecular complexity index is 851. The Morgan fingerprint density at radius 1 is 1.23 bits per heavy atom. The molecule has 3 rings (SSSR count). The molecule has 0 radical (unpaired) electrons. The van der Waals surface area contributed by atoms with Crippen molar-refractivity contribution < 1.29 is 18.7 Å². The molecule has 2 aromatic carbocycles. The third kappa shape index (κ3) is 3.27. The van der Waals surface area contributed by atoms with Crippen LogP contribution in [0.25, 0.3) is 0 Å². The van der Waals surface area contributed by atoms with E-state index in [1.807, 2.05) is 19.1 Å². The summed E-state index contributed by atoms with van der Waals surface area (Å²) >= 11 is 0. The van der Waals surface area contributed by atoms with Gasteiger partial charge < -0.3 is 15.0 Å². The maximum absolute atomic E-state index is 12.9. The van der Waals surface area contributed by atoms with Crippen molar-refractivity contribution in [2.45, 2.75) is 25.9 Å². The molecule has 1 heterocycles. The van der Waals surface area contributed by atoms with Gasteiger partial charge in [0.25, 0.3) is 17.4 Å². The van der Waals surface area contributed by atoms with Crippen molar-refractivity contribution in [1.29, 1.82) is 0 Å². The summed E-state index contributed by atoms with van der Waals surface area (Å²) in [6.07, 6.45) is 0.530. The fraction of sp³-hybridized carbons (Fsp3) is 0.300. The Kier molecular flexibility index (Phi) is 4.68. The van der Waals surface area contributed by atoms with Crippen molar-refractivity contribution in [2.24, 2.45) is 0 Å². The van der Waals surface area contributed by atoms with Gasteiger partial charge in [-0.2, -0.15) is 0 Å². The van der Waals surface area contributed by atoms with Crippen molar-refractivity contribution in [1.82, 2.24) is 5.32 Å². The number of fused-ring (bicyclic) bond motifs is 1. The number of aryl methyl sites for hydroxylation is 1. The zero-order valence-electron chi connectivity index (χ0n) is 15.0. The van der Waals surface area contributed by atoms with Gasteiger partial charge in [0, 0.05) is 13.6 Å². The minimum atomic E-state index is -1.63. The van der Waals surface area contributed by atoms with Gasteiger partial charge in [0.05, 0.1) is 5.69 Å². The zero-order chi connectivity index (χ0) is 18.9. The number of hydrogen-bond acceptors (Lipinski definition) is 3. The fourth-order valence-electron chi connectivity index (χ4n) is 2.95. The summed E-state index contributed by atoms with van der Waals surface area (Å²) in [5.74, 6) is -0.727. The number of benzene rings is 2. The van der Waals surface area contributed by atoms with Crippen molar-refractivity contribution >= 4 is 17.5 Å². The van der Waals surface area contributed by atoms with Crippen LogP contribution in [-0.2, 0) is 16.0 Å². The molecule has 0 bridgehead atoms. The number of likely N-dealkylation sites (N-methyl/N-ethyl adjacent to an activating group) is 1. The van der Waals surface area contributed by atoms with E-state index >= 15 is 0 Å². The summed E-state index contributed by atoms with van der Waals surface area (Å²) in [5, 5.41) is 2.74. The number of ether oxygens (including phenoxy) is 1. The van der Waals surface area contributed by atoms with E-state index in [1.165, 1.54) is 24.0 Å². The summed E-state index contributed by atoms with van der Waals surface area (Å²) < 4.78 is 18.7. The molecular formula is C20H21FN2O3. The van der Waals surface area contributed by atoms with Gasteiger partial charge in [-0.15, -0.1) is 0 Å². The number of hydrogen-bond donors (Lipinski definition) is 1. The molecule has 0 spiro atoms. The topological polar surface area (TPSA) is 58.6 Å². The van der Waals surface area contributed by atoms with Crippen molar-refractivity contribution in [3.63, 3.8) is 0 Å². The standard InChI is InChI=1S/C20H21FN2O3/c1-13-4-9-17-16(12-13)23(3)19(25)20(2,26-17)18(24)22-11-10-14-5-7-15(21)8-6-14/h4-9,12H,10-11H2,1-3H3,(H,22,24). The van der Waals surface area contributed by atoms with Gasteiger partial charge in [-0.1, -0.05) is 18.2 Å². The number of carbonyl (C=O) groups excluding carboxylic acids is 2. The molecule has 136 valence electrons. The van der Waals surface area contributed by atoms with E-state index in [9.17, 15) is 14.0 Å². The molecule has 0 saturated carbocycles. The molecule has 1 aliphatic rings. The molecule has 0 fully saturated rings. The minimum absolute atomic E-state index is 0.302. The van der Waals surface area contributed by atoms with E-state index in [1.54, 1.807) is 25.2 Å². The monoisotopic (exact) mass is 356 g/mol. The Balaban J connectivity index is 1.70. The van der Waals surface area contributed by atoms with Gasteiger partial charge in [-0.3, -0.25) is 9.59 Å². The molecule has 26 heavy (non-hydrogen) atoms. The normalized spacial score (nSPS) is 18.9. The van der Waals surface area contributed by atoms with Crippen LogP contribution in [0.3, 0.4) is 0 Å².